The summed E-state index contributed by atoms with van der Waals surface area (Å²) in [6.45, 7) is 6.52. The van der Waals surface area contributed by atoms with Gasteiger partial charge in [-0.05, 0) is 18.6 Å². The summed E-state index contributed by atoms with van der Waals surface area (Å²) < 4.78 is 9.89. The maximum atomic E-state index is 12.5. The van der Waals surface area contributed by atoms with Crippen molar-refractivity contribution >= 4 is 17.6 Å². The van der Waals surface area contributed by atoms with Crippen LogP contribution in [0.2, 0.25) is 0 Å². The highest BCUT2D eigenvalue weighted by molar-refractivity contribution is 6.06. The van der Waals surface area contributed by atoms with Gasteiger partial charge in [0.25, 0.3) is 0 Å². The van der Waals surface area contributed by atoms with E-state index >= 15 is 0 Å². The topological polar surface area (TPSA) is 55.8 Å². The van der Waals surface area contributed by atoms with Crippen molar-refractivity contribution in [2.24, 2.45) is 0 Å². The van der Waals surface area contributed by atoms with E-state index in [2.05, 4.69) is 24.8 Å². The molecule has 0 aliphatic carbocycles. The van der Waals surface area contributed by atoms with Gasteiger partial charge in [-0.2, -0.15) is 0 Å². The van der Waals surface area contributed by atoms with Gasteiger partial charge >= 0.3 is 11.9 Å². The smallest absolute Gasteiger partial charge is 0.336 e. The van der Waals surface area contributed by atoms with Gasteiger partial charge in [0.15, 0.2) is 0 Å². The summed E-state index contributed by atoms with van der Waals surface area (Å²) in [6.07, 6.45) is 0. The van der Waals surface area contributed by atoms with E-state index < -0.39 is 17.5 Å². The Morgan fingerprint density at radius 3 is 2.26 bits per heavy atom. The number of hydrogen-bond donors (Lipinski definition) is 0. The zero-order valence-corrected chi connectivity index (χ0v) is 14.1. The monoisotopic (exact) mass is 315 g/mol. The molecule has 0 fully saturated rings. The Morgan fingerprint density at radius 1 is 1.04 bits per heavy atom. The summed E-state index contributed by atoms with van der Waals surface area (Å²) in [4.78, 5) is 26.9. The first-order chi connectivity index (χ1) is 10.8. The van der Waals surface area contributed by atoms with Gasteiger partial charge in [-0.1, -0.05) is 32.0 Å². The summed E-state index contributed by atoms with van der Waals surface area (Å²) in [6, 6.07) is 8.06. The lowest BCUT2D eigenvalue weighted by Gasteiger charge is -2.42. The van der Waals surface area contributed by atoms with Gasteiger partial charge in [-0.3, -0.25) is 0 Å². The zero-order chi connectivity index (χ0) is 17.0. The lowest BCUT2D eigenvalue weighted by molar-refractivity contribution is -0.139. The van der Waals surface area contributed by atoms with E-state index in [-0.39, 0.29) is 5.41 Å². The molecule has 0 aromatic heterocycles. The molecule has 122 valence electrons. The minimum atomic E-state index is -0.659. The molecular weight excluding hydrogens is 294 g/mol. The Morgan fingerprint density at radius 2 is 1.65 bits per heavy atom. The largest absolute Gasteiger partial charge is 0.466 e. The van der Waals surface area contributed by atoms with E-state index in [1.54, 1.807) is 0 Å². The fraction of sp³-hybridized carbons (Fsp3) is 0.444. The van der Waals surface area contributed by atoms with Gasteiger partial charge in [0.1, 0.15) is 0 Å². The van der Waals surface area contributed by atoms with E-state index in [4.69, 9.17) is 9.47 Å². The number of esters is 2. The van der Waals surface area contributed by atoms with E-state index in [1.165, 1.54) is 14.2 Å². The standard InChI is InChI=1S/C18H21NO4/c1-17(2)12-8-6-7-9-13(12)19-10-11(15(20)22-4)14(16(21)23-5)18(17,19)3/h6-9H,10H2,1-5H3. The average Bonchev–Trinajstić information content (AvgIpc) is 2.95. The second-order valence-electron chi connectivity index (χ2n) is 6.64. The van der Waals surface area contributed by atoms with Crippen molar-refractivity contribution in [2.45, 2.75) is 31.7 Å². The normalized spacial score (nSPS) is 24.3. The second kappa shape index (κ2) is 4.85. The van der Waals surface area contributed by atoms with Gasteiger partial charge in [0, 0.05) is 11.1 Å². The number of hydrogen-bond acceptors (Lipinski definition) is 5. The third-order valence-electron chi connectivity index (χ3n) is 5.55. The van der Waals surface area contributed by atoms with Crippen molar-refractivity contribution in [3.05, 3.63) is 41.0 Å². The highest BCUT2D eigenvalue weighted by Crippen LogP contribution is 2.58. The van der Waals surface area contributed by atoms with Gasteiger partial charge < -0.3 is 14.4 Å². The van der Waals surface area contributed by atoms with Crippen molar-refractivity contribution in [2.75, 3.05) is 25.7 Å². The molecule has 1 aromatic carbocycles. The van der Waals surface area contributed by atoms with Crippen LogP contribution in [0, 0.1) is 0 Å². The Balaban J connectivity index is 2.27. The van der Waals surface area contributed by atoms with Gasteiger partial charge in [-0.15, -0.1) is 0 Å². The van der Waals surface area contributed by atoms with Crippen molar-refractivity contribution in [1.29, 1.82) is 0 Å². The summed E-state index contributed by atoms with van der Waals surface area (Å²) in [5.41, 5.74) is 1.96. The van der Waals surface area contributed by atoms with Crippen LogP contribution in [-0.4, -0.2) is 38.2 Å². The van der Waals surface area contributed by atoms with E-state index in [0.29, 0.717) is 17.7 Å². The summed E-state index contributed by atoms with van der Waals surface area (Å²) in [5.74, 6) is -0.953. The highest BCUT2D eigenvalue weighted by atomic mass is 16.5. The molecule has 1 aromatic rings. The molecule has 2 aliphatic rings. The third kappa shape index (κ3) is 1.73. The third-order valence-corrected chi connectivity index (χ3v) is 5.55. The molecule has 3 rings (SSSR count). The minimum absolute atomic E-state index is 0.341. The predicted molar refractivity (Wildman–Crippen MR) is 86.3 cm³/mol. The maximum Gasteiger partial charge on any atom is 0.336 e. The number of carbonyl (C=O) groups excluding carboxylic acids is 2. The van der Waals surface area contributed by atoms with Crippen molar-refractivity contribution in [1.82, 2.24) is 0 Å². The molecule has 5 heteroatoms. The predicted octanol–water partition coefficient (Wildman–Crippen LogP) is 2.20. The molecule has 5 nitrogen and oxygen atoms in total. The number of carbonyl (C=O) groups is 2. The molecule has 0 radical (unpaired) electrons. The number of ether oxygens (including phenoxy) is 2. The first kappa shape index (κ1) is 15.6. The molecule has 0 spiro atoms. The van der Waals surface area contributed by atoms with E-state index in [9.17, 15) is 9.59 Å². The number of para-hydroxylation sites is 1. The molecule has 2 aliphatic heterocycles. The van der Waals surface area contributed by atoms with Gasteiger partial charge in [-0.25, -0.2) is 9.59 Å². The summed E-state index contributed by atoms with van der Waals surface area (Å²) in [5, 5.41) is 0. The maximum absolute atomic E-state index is 12.5. The molecule has 1 atom stereocenters. The first-order valence-electron chi connectivity index (χ1n) is 7.58. The second-order valence-corrected chi connectivity index (χ2v) is 6.64. The Hall–Kier alpha value is -2.30. The van der Waals surface area contributed by atoms with Crippen LogP contribution in [0.1, 0.15) is 26.3 Å². The first-order valence-corrected chi connectivity index (χ1v) is 7.58. The van der Waals surface area contributed by atoms with Gasteiger partial charge in [0.05, 0.1) is 37.4 Å². The minimum Gasteiger partial charge on any atom is -0.466 e. The fourth-order valence-corrected chi connectivity index (χ4v) is 4.01. The molecule has 0 saturated carbocycles. The summed E-state index contributed by atoms with van der Waals surface area (Å²) in [7, 11) is 2.67. The average molecular weight is 315 g/mol. The molecule has 0 amide bonds. The number of fused-ring (bicyclic) bond motifs is 3. The van der Waals surface area contributed by atoms with Crippen molar-refractivity contribution < 1.29 is 19.1 Å². The number of rotatable bonds is 2. The van der Waals surface area contributed by atoms with Gasteiger partial charge in [0.2, 0.25) is 0 Å². The van der Waals surface area contributed by atoms with Crippen LogP contribution >= 0.6 is 0 Å². The van der Waals surface area contributed by atoms with Crippen LogP contribution in [0.25, 0.3) is 0 Å². The lowest BCUT2D eigenvalue weighted by Crippen LogP contribution is -2.53. The number of benzene rings is 1. The van der Waals surface area contributed by atoms with Crippen LogP contribution in [-0.2, 0) is 24.5 Å². The Labute approximate surface area is 135 Å². The number of nitrogens with zero attached hydrogens (tertiary/aromatic N) is 1. The number of methoxy groups -OCH3 is 2. The Kier molecular flexibility index (Phi) is 3.29. The summed E-state index contributed by atoms with van der Waals surface area (Å²) >= 11 is 0. The molecule has 0 saturated heterocycles. The number of anilines is 1. The SMILES string of the molecule is COC(=O)C1=C(C(=O)OC)C2(C)N(C1)c1ccccc1C2(C)C. The van der Waals surface area contributed by atoms with Crippen LogP contribution in [0.5, 0.6) is 0 Å². The van der Waals surface area contributed by atoms with Crippen molar-refractivity contribution in [3.63, 3.8) is 0 Å². The molecule has 23 heavy (non-hydrogen) atoms. The quantitative estimate of drug-likeness (QED) is 0.783. The van der Waals surface area contributed by atoms with Crippen LogP contribution in [0.15, 0.2) is 35.4 Å². The Bertz CT molecular complexity index is 734. The highest BCUT2D eigenvalue weighted by Gasteiger charge is 2.62. The zero-order valence-electron chi connectivity index (χ0n) is 14.1. The molecule has 2 heterocycles. The van der Waals surface area contributed by atoms with Crippen LogP contribution < -0.4 is 4.90 Å². The van der Waals surface area contributed by atoms with E-state index in [1.807, 2.05) is 25.1 Å². The molecular formula is C18H21NO4. The molecule has 1 unspecified atom stereocenters. The fourth-order valence-electron chi connectivity index (χ4n) is 4.01. The van der Waals surface area contributed by atoms with Crippen LogP contribution in [0.3, 0.4) is 0 Å². The van der Waals surface area contributed by atoms with E-state index in [0.717, 1.165) is 11.3 Å². The molecule has 0 bridgehead atoms. The van der Waals surface area contributed by atoms with Crippen LogP contribution in [0.4, 0.5) is 5.69 Å². The lowest BCUT2D eigenvalue weighted by atomic mass is 9.68. The molecule has 0 N–H and O–H groups in total. The van der Waals surface area contributed by atoms with Crippen molar-refractivity contribution in [3.8, 4) is 0 Å².